The molecule has 0 radical (unpaired) electrons. The molecule has 1 aromatic heterocycles. The highest BCUT2D eigenvalue weighted by atomic mass is 79.9. The van der Waals surface area contributed by atoms with Crippen LogP contribution < -0.4 is 10.2 Å². The number of nitrogens with zero attached hydrogens (tertiary/aromatic N) is 2. The molecule has 0 fully saturated rings. The Morgan fingerprint density at radius 1 is 1.00 bits per heavy atom. The van der Waals surface area contributed by atoms with Gasteiger partial charge in [-0.05, 0) is 48.5 Å². The number of pyridine rings is 1. The molecule has 3 aromatic rings. The topological polar surface area (TPSA) is 45.2 Å². The number of benzene rings is 2. The maximum absolute atomic E-state index is 12.5. The monoisotopic (exact) mass is 381 g/mol. The van der Waals surface area contributed by atoms with E-state index in [1.54, 1.807) is 30.3 Å². The number of halogens is 1. The molecule has 0 bridgehead atoms. The fourth-order valence-corrected chi connectivity index (χ4v) is 2.50. The Labute approximate surface area is 149 Å². The van der Waals surface area contributed by atoms with Gasteiger partial charge in [-0.25, -0.2) is 4.98 Å². The Morgan fingerprint density at radius 3 is 2.33 bits per heavy atom. The molecule has 0 atom stereocenters. The molecule has 0 saturated carbocycles. The molecule has 2 aromatic carbocycles. The van der Waals surface area contributed by atoms with E-state index in [0.29, 0.717) is 11.4 Å². The lowest BCUT2D eigenvalue weighted by atomic mass is 10.2. The highest BCUT2D eigenvalue weighted by Crippen LogP contribution is 2.19. The quantitative estimate of drug-likeness (QED) is 0.701. The summed E-state index contributed by atoms with van der Waals surface area (Å²) in [7, 11) is 1.76. The van der Waals surface area contributed by atoms with Crippen molar-refractivity contribution in [2.45, 2.75) is 0 Å². The van der Waals surface area contributed by atoms with E-state index in [1.807, 2.05) is 54.6 Å². The lowest BCUT2D eigenvalue weighted by molar-refractivity contribution is 0.0992. The van der Waals surface area contributed by atoms with Crippen LogP contribution in [0.5, 0.6) is 0 Å². The van der Waals surface area contributed by atoms with Crippen LogP contribution in [0.4, 0.5) is 17.2 Å². The van der Waals surface area contributed by atoms with Crippen LogP contribution in [0, 0.1) is 0 Å². The summed E-state index contributed by atoms with van der Waals surface area (Å²) in [4.78, 5) is 18.4. The van der Waals surface area contributed by atoms with E-state index in [9.17, 15) is 4.79 Å². The van der Waals surface area contributed by atoms with Crippen LogP contribution in [0.25, 0.3) is 0 Å². The van der Waals surface area contributed by atoms with E-state index < -0.39 is 0 Å². The van der Waals surface area contributed by atoms with Crippen LogP contribution in [-0.2, 0) is 0 Å². The van der Waals surface area contributed by atoms with Crippen molar-refractivity contribution < 1.29 is 4.79 Å². The van der Waals surface area contributed by atoms with E-state index in [-0.39, 0.29) is 5.91 Å². The summed E-state index contributed by atoms with van der Waals surface area (Å²) in [5.74, 6) is 0.597. The minimum Gasteiger partial charge on any atom is -0.340 e. The Bertz CT molecular complexity index is 817. The van der Waals surface area contributed by atoms with Crippen molar-refractivity contribution in [3.05, 3.63) is 83.0 Å². The van der Waals surface area contributed by atoms with Crippen LogP contribution >= 0.6 is 15.9 Å². The first kappa shape index (κ1) is 16.2. The molecule has 0 unspecified atom stereocenters. The number of rotatable bonds is 4. The molecular formula is C19H16BrN3O. The molecule has 0 aliphatic carbocycles. The van der Waals surface area contributed by atoms with Gasteiger partial charge >= 0.3 is 0 Å². The number of para-hydroxylation sites is 1. The summed E-state index contributed by atoms with van der Waals surface area (Å²) >= 11 is 3.40. The number of hydrogen-bond donors (Lipinski definition) is 1. The first-order chi connectivity index (χ1) is 11.6. The zero-order valence-electron chi connectivity index (χ0n) is 13.1. The smallest absolute Gasteiger partial charge is 0.259 e. The zero-order valence-corrected chi connectivity index (χ0v) is 14.7. The van der Waals surface area contributed by atoms with Gasteiger partial charge in [-0.3, -0.25) is 4.79 Å². The van der Waals surface area contributed by atoms with Crippen molar-refractivity contribution in [3.8, 4) is 0 Å². The van der Waals surface area contributed by atoms with E-state index in [1.165, 1.54) is 0 Å². The van der Waals surface area contributed by atoms with Gasteiger partial charge in [0.05, 0.1) is 5.56 Å². The standard InChI is InChI=1S/C19H16BrN3O/c1-23(17-5-3-2-4-6-17)19(24)14-7-12-18(21-13-14)22-16-10-8-15(20)9-11-16/h2-13H,1H3,(H,21,22). The third kappa shape index (κ3) is 3.81. The van der Waals surface area contributed by atoms with Gasteiger partial charge in [0.1, 0.15) is 5.82 Å². The molecule has 0 aliphatic heterocycles. The average Bonchev–Trinajstić information content (AvgIpc) is 2.64. The van der Waals surface area contributed by atoms with Crippen LogP contribution in [0.3, 0.4) is 0 Å². The van der Waals surface area contributed by atoms with Crippen LogP contribution in [0.15, 0.2) is 77.4 Å². The summed E-state index contributed by atoms with van der Waals surface area (Å²) in [5.41, 5.74) is 2.33. The van der Waals surface area contributed by atoms with Crippen molar-refractivity contribution in [2.75, 3.05) is 17.3 Å². The summed E-state index contributed by atoms with van der Waals surface area (Å²) in [6.07, 6.45) is 1.59. The molecule has 24 heavy (non-hydrogen) atoms. The Balaban J connectivity index is 1.72. The molecule has 1 amide bonds. The highest BCUT2D eigenvalue weighted by Gasteiger charge is 2.13. The van der Waals surface area contributed by atoms with Crippen molar-refractivity contribution >= 4 is 39.0 Å². The van der Waals surface area contributed by atoms with Crippen molar-refractivity contribution in [2.24, 2.45) is 0 Å². The third-order valence-electron chi connectivity index (χ3n) is 3.58. The van der Waals surface area contributed by atoms with Crippen LogP contribution in [0.2, 0.25) is 0 Å². The predicted octanol–water partition coefficient (Wildman–Crippen LogP) is 4.86. The van der Waals surface area contributed by atoms with E-state index in [4.69, 9.17) is 0 Å². The largest absolute Gasteiger partial charge is 0.340 e. The first-order valence-electron chi connectivity index (χ1n) is 7.45. The Kier molecular flexibility index (Phi) is 4.91. The van der Waals surface area contributed by atoms with Gasteiger partial charge in [0.25, 0.3) is 5.91 Å². The number of nitrogens with one attached hydrogen (secondary N) is 1. The Morgan fingerprint density at radius 2 is 1.71 bits per heavy atom. The molecule has 1 heterocycles. The molecule has 0 aliphatic rings. The summed E-state index contributed by atoms with van der Waals surface area (Å²) < 4.78 is 1.02. The van der Waals surface area contributed by atoms with Gasteiger partial charge in [-0.1, -0.05) is 34.1 Å². The number of amides is 1. The maximum atomic E-state index is 12.5. The van der Waals surface area contributed by atoms with E-state index in [2.05, 4.69) is 26.2 Å². The van der Waals surface area contributed by atoms with Crippen LogP contribution in [0.1, 0.15) is 10.4 Å². The van der Waals surface area contributed by atoms with Gasteiger partial charge in [-0.2, -0.15) is 0 Å². The lowest BCUT2D eigenvalue weighted by Crippen LogP contribution is -2.26. The summed E-state index contributed by atoms with van der Waals surface area (Å²) in [5, 5.41) is 3.20. The number of aromatic nitrogens is 1. The minimum absolute atomic E-state index is 0.0936. The number of carbonyl (C=O) groups excluding carboxylic acids is 1. The molecule has 120 valence electrons. The SMILES string of the molecule is CN(C(=O)c1ccc(Nc2ccc(Br)cc2)nc1)c1ccccc1. The molecule has 5 heteroatoms. The van der Waals surface area contributed by atoms with Crippen molar-refractivity contribution in [1.29, 1.82) is 0 Å². The average molecular weight is 382 g/mol. The van der Waals surface area contributed by atoms with Crippen LogP contribution in [-0.4, -0.2) is 17.9 Å². The second-order valence-corrected chi connectivity index (χ2v) is 6.18. The Hall–Kier alpha value is -2.66. The van der Waals surface area contributed by atoms with Gasteiger partial charge in [0.15, 0.2) is 0 Å². The molecule has 3 rings (SSSR count). The van der Waals surface area contributed by atoms with Gasteiger partial charge < -0.3 is 10.2 Å². The fraction of sp³-hybridized carbons (Fsp3) is 0.0526. The van der Waals surface area contributed by atoms with Crippen molar-refractivity contribution in [1.82, 2.24) is 4.98 Å². The van der Waals surface area contributed by atoms with Gasteiger partial charge in [0, 0.05) is 29.1 Å². The highest BCUT2D eigenvalue weighted by molar-refractivity contribution is 9.10. The normalized spacial score (nSPS) is 10.2. The second kappa shape index (κ2) is 7.27. The number of carbonyl (C=O) groups is 1. The maximum Gasteiger partial charge on any atom is 0.259 e. The lowest BCUT2D eigenvalue weighted by Gasteiger charge is -2.17. The first-order valence-corrected chi connectivity index (χ1v) is 8.24. The minimum atomic E-state index is -0.0936. The molecule has 0 spiro atoms. The molecule has 4 nitrogen and oxygen atoms in total. The van der Waals surface area contributed by atoms with E-state index >= 15 is 0 Å². The molecule has 1 N–H and O–H groups in total. The summed E-state index contributed by atoms with van der Waals surface area (Å²) in [6, 6.07) is 20.9. The predicted molar refractivity (Wildman–Crippen MR) is 101 cm³/mol. The molecular weight excluding hydrogens is 366 g/mol. The third-order valence-corrected chi connectivity index (χ3v) is 4.10. The number of hydrogen-bond acceptors (Lipinski definition) is 3. The van der Waals surface area contributed by atoms with Crippen molar-refractivity contribution in [3.63, 3.8) is 0 Å². The van der Waals surface area contributed by atoms with Gasteiger partial charge in [-0.15, -0.1) is 0 Å². The summed E-state index contributed by atoms with van der Waals surface area (Å²) in [6.45, 7) is 0. The van der Waals surface area contributed by atoms with Gasteiger partial charge in [0.2, 0.25) is 0 Å². The molecule has 0 saturated heterocycles. The number of anilines is 3. The van der Waals surface area contributed by atoms with E-state index in [0.717, 1.165) is 15.8 Å². The fourth-order valence-electron chi connectivity index (χ4n) is 2.24. The second-order valence-electron chi connectivity index (χ2n) is 5.26. The zero-order chi connectivity index (χ0) is 16.9.